The second-order valence-corrected chi connectivity index (χ2v) is 4.81. The zero-order valence-electron chi connectivity index (χ0n) is 11.4. The van der Waals surface area contributed by atoms with Gasteiger partial charge in [-0.25, -0.2) is 9.59 Å². The molecule has 0 aliphatic carbocycles. The van der Waals surface area contributed by atoms with Crippen LogP contribution in [0.3, 0.4) is 0 Å². The fourth-order valence-corrected chi connectivity index (χ4v) is 2.20. The third-order valence-corrected chi connectivity index (χ3v) is 3.34. The summed E-state index contributed by atoms with van der Waals surface area (Å²) < 4.78 is 5.25. The van der Waals surface area contributed by atoms with Crippen LogP contribution in [-0.2, 0) is 11.3 Å². The molecule has 1 N–H and O–H groups in total. The van der Waals surface area contributed by atoms with Crippen LogP contribution in [0.4, 0.5) is 9.59 Å². The van der Waals surface area contributed by atoms with Crippen LogP contribution in [0.2, 0.25) is 0 Å². The molecule has 0 aromatic heterocycles. The molecule has 6 nitrogen and oxygen atoms in total. The topological polar surface area (TPSA) is 70.1 Å². The van der Waals surface area contributed by atoms with Gasteiger partial charge in [-0.05, 0) is 12.5 Å². The van der Waals surface area contributed by atoms with Crippen LogP contribution in [-0.4, -0.2) is 52.8 Å². The Kier molecular flexibility index (Phi) is 4.45. The maximum absolute atomic E-state index is 12.0. The molecule has 20 heavy (non-hydrogen) atoms. The Morgan fingerprint density at radius 2 is 2.00 bits per heavy atom. The van der Waals surface area contributed by atoms with Crippen molar-refractivity contribution in [1.29, 1.82) is 0 Å². The third-order valence-electron chi connectivity index (χ3n) is 3.34. The van der Waals surface area contributed by atoms with Gasteiger partial charge in [0.05, 0.1) is 6.04 Å². The van der Waals surface area contributed by atoms with Crippen LogP contribution in [0.25, 0.3) is 0 Å². The Labute approximate surface area is 117 Å². The quantitative estimate of drug-likeness (QED) is 0.898. The number of rotatable bonds is 2. The highest BCUT2D eigenvalue weighted by Crippen LogP contribution is 2.12. The van der Waals surface area contributed by atoms with Gasteiger partial charge in [0.2, 0.25) is 0 Å². The number of nitrogens with zero attached hydrogens (tertiary/aromatic N) is 2. The predicted molar refractivity (Wildman–Crippen MR) is 72.4 cm³/mol. The summed E-state index contributed by atoms with van der Waals surface area (Å²) in [4.78, 5) is 25.8. The fraction of sp³-hybridized carbons (Fsp3) is 0.429. The van der Waals surface area contributed by atoms with E-state index in [1.807, 2.05) is 37.3 Å². The number of amides is 2. The molecular formula is C14H18N2O4. The first-order chi connectivity index (χ1) is 9.58. The Morgan fingerprint density at radius 1 is 1.30 bits per heavy atom. The van der Waals surface area contributed by atoms with E-state index in [2.05, 4.69) is 0 Å². The highest BCUT2D eigenvalue weighted by molar-refractivity contribution is 5.69. The molecule has 0 radical (unpaired) electrons. The lowest BCUT2D eigenvalue weighted by molar-refractivity contribution is 0.0474. The molecule has 1 atom stereocenters. The van der Waals surface area contributed by atoms with Crippen molar-refractivity contribution in [3.05, 3.63) is 35.9 Å². The Balaban J connectivity index is 1.85. The summed E-state index contributed by atoms with van der Waals surface area (Å²) in [6.07, 6.45) is -1.35. The van der Waals surface area contributed by atoms with Crippen molar-refractivity contribution in [2.24, 2.45) is 0 Å². The summed E-state index contributed by atoms with van der Waals surface area (Å²) in [5.74, 6) is 0. The highest BCUT2D eigenvalue weighted by Gasteiger charge is 2.30. The van der Waals surface area contributed by atoms with Crippen molar-refractivity contribution >= 4 is 12.2 Å². The van der Waals surface area contributed by atoms with Gasteiger partial charge in [0.25, 0.3) is 0 Å². The fourth-order valence-electron chi connectivity index (χ4n) is 2.20. The number of carboxylic acid groups (broad SMARTS) is 1. The number of benzene rings is 1. The van der Waals surface area contributed by atoms with E-state index >= 15 is 0 Å². The molecule has 1 saturated heterocycles. The summed E-state index contributed by atoms with van der Waals surface area (Å²) >= 11 is 0. The molecule has 1 aromatic carbocycles. The summed E-state index contributed by atoms with van der Waals surface area (Å²) in [5.41, 5.74) is 0.928. The van der Waals surface area contributed by atoms with E-state index in [1.165, 1.54) is 4.90 Å². The minimum absolute atomic E-state index is 0.178. The Bertz CT molecular complexity index is 477. The first kappa shape index (κ1) is 14.2. The highest BCUT2D eigenvalue weighted by atomic mass is 16.6. The lowest BCUT2D eigenvalue weighted by atomic mass is 10.2. The molecule has 0 unspecified atom stereocenters. The van der Waals surface area contributed by atoms with Gasteiger partial charge in [-0.1, -0.05) is 30.3 Å². The normalized spacial score (nSPS) is 18.8. The molecule has 0 bridgehead atoms. The standard InChI is InChI=1S/C14H18N2O4/c1-11-9-15(13(17)18)7-8-16(11)14(19)20-10-12-5-3-2-4-6-12/h2-6,11H,7-10H2,1H3,(H,17,18)/t11-/m1/s1. The van der Waals surface area contributed by atoms with Crippen LogP contribution in [0, 0.1) is 0 Å². The average molecular weight is 278 g/mol. The molecule has 1 aromatic rings. The van der Waals surface area contributed by atoms with E-state index in [-0.39, 0.29) is 12.6 Å². The van der Waals surface area contributed by atoms with Gasteiger partial charge in [-0.2, -0.15) is 0 Å². The van der Waals surface area contributed by atoms with Gasteiger partial charge in [-0.15, -0.1) is 0 Å². The van der Waals surface area contributed by atoms with E-state index < -0.39 is 12.2 Å². The second-order valence-electron chi connectivity index (χ2n) is 4.81. The van der Waals surface area contributed by atoms with Gasteiger partial charge in [0, 0.05) is 19.6 Å². The van der Waals surface area contributed by atoms with Crippen LogP contribution >= 0.6 is 0 Å². The summed E-state index contributed by atoms with van der Waals surface area (Å²) in [7, 11) is 0. The van der Waals surface area contributed by atoms with Crippen molar-refractivity contribution in [3.8, 4) is 0 Å². The maximum atomic E-state index is 12.0. The van der Waals surface area contributed by atoms with Crippen LogP contribution in [0.5, 0.6) is 0 Å². The van der Waals surface area contributed by atoms with Crippen LogP contribution < -0.4 is 0 Å². The SMILES string of the molecule is C[C@@H]1CN(C(=O)O)CCN1C(=O)OCc1ccccc1. The third kappa shape index (κ3) is 3.40. The minimum Gasteiger partial charge on any atom is -0.465 e. The average Bonchev–Trinajstić information content (AvgIpc) is 2.45. The predicted octanol–water partition coefficient (Wildman–Crippen LogP) is 2.01. The maximum Gasteiger partial charge on any atom is 0.410 e. The largest absolute Gasteiger partial charge is 0.465 e. The molecule has 1 fully saturated rings. The summed E-state index contributed by atoms with van der Waals surface area (Å²) in [6, 6.07) is 9.27. The lowest BCUT2D eigenvalue weighted by Crippen LogP contribution is -2.55. The van der Waals surface area contributed by atoms with Gasteiger partial charge in [-0.3, -0.25) is 0 Å². The molecule has 1 heterocycles. The van der Waals surface area contributed by atoms with Crippen LogP contribution in [0.1, 0.15) is 12.5 Å². The molecule has 1 aliphatic heterocycles. The molecule has 0 spiro atoms. The number of carbonyl (C=O) groups is 2. The molecule has 108 valence electrons. The summed E-state index contributed by atoms with van der Waals surface area (Å²) in [5, 5.41) is 8.92. The number of hydrogen-bond acceptors (Lipinski definition) is 3. The van der Waals surface area contributed by atoms with Crippen molar-refractivity contribution in [2.75, 3.05) is 19.6 Å². The number of piperazine rings is 1. The van der Waals surface area contributed by atoms with Gasteiger partial charge in [0.1, 0.15) is 6.61 Å². The smallest absolute Gasteiger partial charge is 0.410 e. The second kappa shape index (κ2) is 6.27. The monoisotopic (exact) mass is 278 g/mol. The van der Waals surface area contributed by atoms with E-state index in [4.69, 9.17) is 9.84 Å². The van der Waals surface area contributed by atoms with Crippen molar-refractivity contribution in [3.63, 3.8) is 0 Å². The lowest BCUT2D eigenvalue weighted by Gasteiger charge is -2.37. The molecular weight excluding hydrogens is 260 g/mol. The van der Waals surface area contributed by atoms with E-state index in [1.54, 1.807) is 4.90 Å². The number of ether oxygens (including phenoxy) is 1. The van der Waals surface area contributed by atoms with Gasteiger partial charge >= 0.3 is 12.2 Å². The zero-order chi connectivity index (χ0) is 14.5. The van der Waals surface area contributed by atoms with E-state index in [9.17, 15) is 9.59 Å². The Morgan fingerprint density at radius 3 is 2.60 bits per heavy atom. The Hall–Kier alpha value is -2.24. The molecule has 2 amide bonds. The first-order valence-corrected chi connectivity index (χ1v) is 6.53. The van der Waals surface area contributed by atoms with Crippen molar-refractivity contribution in [2.45, 2.75) is 19.6 Å². The molecule has 0 saturated carbocycles. The first-order valence-electron chi connectivity index (χ1n) is 6.53. The van der Waals surface area contributed by atoms with E-state index in [0.29, 0.717) is 19.6 Å². The molecule has 1 aliphatic rings. The van der Waals surface area contributed by atoms with E-state index in [0.717, 1.165) is 5.56 Å². The van der Waals surface area contributed by atoms with Crippen molar-refractivity contribution in [1.82, 2.24) is 9.80 Å². The van der Waals surface area contributed by atoms with Crippen molar-refractivity contribution < 1.29 is 19.4 Å². The number of hydrogen-bond donors (Lipinski definition) is 1. The minimum atomic E-state index is -0.950. The van der Waals surface area contributed by atoms with Gasteiger partial charge < -0.3 is 19.6 Å². The summed E-state index contributed by atoms with van der Waals surface area (Å²) in [6.45, 7) is 3.04. The zero-order valence-corrected chi connectivity index (χ0v) is 11.4. The van der Waals surface area contributed by atoms with Crippen LogP contribution in [0.15, 0.2) is 30.3 Å². The molecule has 6 heteroatoms. The molecule has 2 rings (SSSR count). The van der Waals surface area contributed by atoms with Gasteiger partial charge in [0.15, 0.2) is 0 Å². The number of carbonyl (C=O) groups excluding carboxylic acids is 1.